The highest BCUT2D eigenvalue weighted by Crippen LogP contribution is 2.23. The van der Waals surface area contributed by atoms with Crippen LogP contribution in [0.15, 0.2) is 15.5 Å². The van der Waals surface area contributed by atoms with Crippen LogP contribution < -0.4 is 5.56 Å². The van der Waals surface area contributed by atoms with Gasteiger partial charge in [0.25, 0.3) is 11.5 Å². The SMILES string of the molecule is Cc1oc2nc[nH]c(=O)c2c1C(=O)N1CCCCO1. The first-order valence-electron chi connectivity index (χ1n) is 6.10. The lowest BCUT2D eigenvalue weighted by molar-refractivity contribution is -0.144. The number of H-pyrrole nitrogens is 1. The van der Waals surface area contributed by atoms with E-state index in [1.54, 1.807) is 6.92 Å². The molecule has 19 heavy (non-hydrogen) atoms. The molecule has 1 saturated heterocycles. The third-order valence-corrected chi connectivity index (χ3v) is 3.11. The average Bonchev–Trinajstić information content (AvgIpc) is 2.76. The van der Waals surface area contributed by atoms with E-state index in [4.69, 9.17) is 9.25 Å². The van der Waals surface area contributed by atoms with Gasteiger partial charge in [-0.15, -0.1) is 0 Å². The summed E-state index contributed by atoms with van der Waals surface area (Å²) in [6.07, 6.45) is 3.06. The van der Waals surface area contributed by atoms with Gasteiger partial charge in [-0.3, -0.25) is 14.4 Å². The Morgan fingerprint density at radius 2 is 2.32 bits per heavy atom. The number of aromatic nitrogens is 2. The van der Waals surface area contributed by atoms with Crippen LogP contribution in [-0.2, 0) is 4.84 Å². The van der Waals surface area contributed by atoms with Gasteiger partial charge >= 0.3 is 0 Å². The van der Waals surface area contributed by atoms with Gasteiger partial charge in [-0.25, -0.2) is 10.0 Å². The standard InChI is InChI=1S/C12H13N3O4/c1-7-8(12(17)15-4-2-3-5-18-15)9-10(16)13-6-14-11(9)19-7/h6H,2-5H2,1H3,(H,13,14,16). The molecule has 0 radical (unpaired) electrons. The maximum absolute atomic E-state index is 12.4. The van der Waals surface area contributed by atoms with Gasteiger partial charge in [0, 0.05) is 6.54 Å². The van der Waals surface area contributed by atoms with E-state index in [9.17, 15) is 9.59 Å². The number of nitrogens with one attached hydrogen (secondary N) is 1. The number of amides is 1. The lowest BCUT2D eigenvalue weighted by Gasteiger charge is -2.25. The molecule has 2 aromatic rings. The summed E-state index contributed by atoms with van der Waals surface area (Å²) in [5.74, 6) is 0.0211. The highest BCUT2D eigenvalue weighted by molar-refractivity contribution is 6.05. The van der Waals surface area contributed by atoms with Crippen molar-refractivity contribution in [2.45, 2.75) is 19.8 Å². The molecule has 100 valence electrons. The van der Waals surface area contributed by atoms with E-state index in [1.165, 1.54) is 11.4 Å². The van der Waals surface area contributed by atoms with Crippen molar-refractivity contribution in [1.82, 2.24) is 15.0 Å². The molecule has 0 spiro atoms. The van der Waals surface area contributed by atoms with Gasteiger partial charge in [-0.2, -0.15) is 0 Å². The minimum atomic E-state index is -0.387. The fourth-order valence-electron chi connectivity index (χ4n) is 2.19. The second-order valence-corrected chi connectivity index (χ2v) is 4.39. The molecule has 0 aromatic carbocycles. The van der Waals surface area contributed by atoms with Gasteiger partial charge in [-0.05, 0) is 19.8 Å². The van der Waals surface area contributed by atoms with Gasteiger partial charge in [0.15, 0.2) is 0 Å². The van der Waals surface area contributed by atoms with E-state index in [-0.39, 0.29) is 28.1 Å². The first-order chi connectivity index (χ1) is 9.18. The summed E-state index contributed by atoms with van der Waals surface area (Å²) < 4.78 is 5.36. The van der Waals surface area contributed by atoms with Crippen LogP contribution in [0.25, 0.3) is 11.1 Å². The predicted molar refractivity (Wildman–Crippen MR) is 65.6 cm³/mol. The number of furan rings is 1. The minimum Gasteiger partial charge on any atom is -0.442 e. The maximum atomic E-state index is 12.4. The molecule has 0 bridgehead atoms. The second kappa shape index (κ2) is 4.51. The predicted octanol–water partition coefficient (Wildman–Crippen LogP) is 0.992. The third-order valence-electron chi connectivity index (χ3n) is 3.11. The van der Waals surface area contributed by atoms with Crippen LogP contribution in [0.3, 0.4) is 0 Å². The topological polar surface area (TPSA) is 88.4 Å². The Morgan fingerprint density at radius 3 is 3.05 bits per heavy atom. The molecule has 1 aliphatic rings. The van der Waals surface area contributed by atoms with Gasteiger partial charge in [0.2, 0.25) is 5.71 Å². The van der Waals surface area contributed by atoms with Crippen LogP contribution in [0.2, 0.25) is 0 Å². The molecule has 7 nitrogen and oxygen atoms in total. The second-order valence-electron chi connectivity index (χ2n) is 4.39. The molecule has 1 fully saturated rings. The molecule has 0 atom stereocenters. The number of hydrogen-bond acceptors (Lipinski definition) is 5. The van der Waals surface area contributed by atoms with E-state index >= 15 is 0 Å². The third kappa shape index (κ3) is 1.91. The van der Waals surface area contributed by atoms with Crippen molar-refractivity contribution >= 4 is 17.0 Å². The van der Waals surface area contributed by atoms with Crippen LogP contribution >= 0.6 is 0 Å². The van der Waals surface area contributed by atoms with E-state index in [1.807, 2.05) is 0 Å². The quantitative estimate of drug-likeness (QED) is 0.828. The molecule has 0 unspecified atom stereocenters. The summed E-state index contributed by atoms with van der Waals surface area (Å²) in [6.45, 7) is 2.66. The number of hydroxylamine groups is 2. The molecule has 1 aliphatic heterocycles. The maximum Gasteiger partial charge on any atom is 0.281 e. The minimum absolute atomic E-state index is 0.168. The zero-order valence-corrected chi connectivity index (χ0v) is 10.4. The van der Waals surface area contributed by atoms with Crippen LogP contribution in [-0.4, -0.2) is 34.1 Å². The lowest BCUT2D eigenvalue weighted by atomic mass is 10.1. The number of nitrogens with zero attached hydrogens (tertiary/aromatic N) is 2. The Kier molecular flexibility index (Phi) is 2.83. The summed E-state index contributed by atoms with van der Waals surface area (Å²) >= 11 is 0. The van der Waals surface area contributed by atoms with Gasteiger partial charge < -0.3 is 9.40 Å². The van der Waals surface area contributed by atoms with Crippen molar-refractivity contribution < 1.29 is 14.0 Å². The number of carbonyl (C=O) groups is 1. The molecule has 1 amide bonds. The van der Waals surface area contributed by atoms with E-state index in [2.05, 4.69) is 9.97 Å². The summed E-state index contributed by atoms with van der Waals surface area (Å²) in [7, 11) is 0. The fraction of sp³-hybridized carbons (Fsp3) is 0.417. The lowest BCUT2D eigenvalue weighted by Crippen LogP contribution is -2.36. The molecular formula is C12H13N3O4. The van der Waals surface area contributed by atoms with Crippen molar-refractivity contribution in [3.63, 3.8) is 0 Å². The zero-order valence-electron chi connectivity index (χ0n) is 10.4. The van der Waals surface area contributed by atoms with Crippen molar-refractivity contribution in [2.24, 2.45) is 0 Å². The monoisotopic (exact) mass is 263 g/mol. The zero-order chi connectivity index (χ0) is 13.4. The van der Waals surface area contributed by atoms with Gasteiger partial charge in [-0.1, -0.05) is 0 Å². The number of fused-ring (bicyclic) bond motifs is 1. The summed E-state index contributed by atoms with van der Waals surface area (Å²) in [4.78, 5) is 35.9. The number of aryl methyl sites for hydroxylation is 1. The van der Waals surface area contributed by atoms with Crippen molar-refractivity contribution in [3.8, 4) is 0 Å². The van der Waals surface area contributed by atoms with Crippen LogP contribution in [0, 0.1) is 6.92 Å². The summed E-state index contributed by atoms with van der Waals surface area (Å²) in [6, 6.07) is 0. The molecule has 3 rings (SSSR count). The molecular weight excluding hydrogens is 250 g/mol. The van der Waals surface area contributed by atoms with Crippen LogP contribution in [0.5, 0.6) is 0 Å². The van der Waals surface area contributed by atoms with Gasteiger partial charge in [0.1, 0.15) is 11.1 Å². The van der Waals surface area contributed by atoms with Crippen LogP contribution in [0.4, 0.5) is 0 Å². The Bertz CT molecular complexity index is 682. The van der Waals surface area contributed by atoms with E-state index in [0.29, 0.717) is 18.9 Å². The average molecular weight is 263 g/mol. The smallest absolute Gasteiger partial charge is 0.281 e. The number of rotatable bonds is 1. The molecule has 1 N–H and O–H groups in total. The Morgan fingerprint density at radius 1 is 1.47 bits per heavy atom. The van der Waals surface area contributed by atoms with Crippen LogP contribution in [0.1, 0.15) is 29.0 Å². The highest BCUT2D eigenvalue weighted by Gasteiger charge is 2.27. The molecule has 2 aromatic heterocycles. The first kappa shape index (κ1) is 11.9. The number of carbonyl (C=O) groups excluding carboxylic acids is 1. The number of aromatic amines is 1. The van der Waals surface area contributed by atoms with Crippen molar-refractivity contribution in [2.75, 3.05) is 13.2 Å². The first-order valence-corrected chi connectivity index (χ1v) is 6.10. The Balaban J connectivity index is 2.11. The molecule has 7 heteroatoms. The molecule has 0 saturated carbocycles. The molecule has 0 aliphatic carbocycles. The van der Waals surface area contributed by atoms with E-state index < -0.39 is 0 Å². The fourth-order valence-corrected chi connectivity index (χ4v) is 2.19. The van der Waals surface area contributed by atoms with Crippen molar-refractivity contribution in [3.05, 3.63) is 28.0 Å². The Hall–Kier alpha value is -2.15. The summed E-state index contributed by atoms with van der Waals surface area (Å²) in [5.41, 5.74) is 0.00932. The highest BCUT2D eigenvalue weighted by atomic mass is 16.7. The normalized spacial score (nSPS) is 15.9. The van der Waals surface area contributed by atoms with E-state index in [0.717, 1.165) is 12.8 Å². The van der Waals surface area contributed by atoms with Crippen molar-refractivity contribution in [1.29, 1.82) is 0 Å². The van der Waals surface area contributed by atoms with Gasteiger partial charge in [0.05, 0.1) is 18.5 Å². The Labute approximate surface area is 108 Å². The molecule has 3 heterocycles. The number of hydrogen-bond donors (Lipinski definition) is 1. The summed E-state index contributed by atoms with van der Waals surface area (Å²) in [5, 5.41) is 1.46. The largest absolute Gasteiger partial charge is 0.442 e.